The fourth-order valence-electron chi connectivity index (χ4n) is 5.45. The van der Waals surface area contributed by atoms with Crippen LogP contribution in [-0.2, 0) is 19.2 Å². The number of hydrogen-bond acceptors (Lipinski definition) is 5. The lowest BCUT2D eigenvalue weighted by Gasteiger charge is -2.42. The van der Waals surface area contributed by atoms with Crippen LogP contribution in [0.25, 0.3) is 0 Å². The molecule has 4 atom stereocenters. The standard InChI is InChI=1S/C23H18BrNO5/c1-25-22(29)13-6-5-12-14(19(13)23(25)30)8-15-20(17(27)9-16(24)21(15)28)18(12)10-3-2-4-11(26)7-10/h2-5,7,9,13-14,18-19,26H,6,8H2,1H3/t13-,14+,18-,19-/m0/s1. The molecule has 5 rings (SSSR count). The fraction of sp³-hybridized carbons (Fsp3) is 0.304. The van der Waals surface area contributed by atoms with Crippen LogP contribution in [0.1, 0.15) is 24.3 Å². The summed E-state index contributed by atoms with van der Waals surface area (Å²) in [6.45, 7) is 0. The molecule has 0 saturated carbocycles. The van der Waals surface area contributed by atoms with Gasteiger partial charge in [0.15, 0.2) is 11.6 Å². The van der Waals surface area contributed by atoms with E-state index in [1.807, 2.05) is 12.1 Å². The number of hydrogen-bond donors (Lipinski definition) is 1. The van der Waals surface area contributed by atoms with Crippen LogP contribution in [-0.4, -0.2) is 40.4 Å². The molecular formula is C23H18BrNO5. The van der Waals surface area contributed by atoms with Crippen LogP contribution >= 0.6 is 15.9 Å². The van der Waals surface area contributed by atoms with Crippen LogP contribution in [0.15, 0.2) is 57.6 Å². The largest absolute Gasteiger partial charge is 0.508 e. The molecule has 1 N–H and O–H groups in total. The number of amides is 2. The van der Waals surface area contributed by atoms with Crippen LogP contribution in [0, 0.1) is 17.8 Å². The summed E-state index contributed by atoms with van der Waals surface area (Å²) < 4.78 is 0.201. The predicted octanol–water partition coefficient (Wildman–Crippen LogP) is 2.78. The van der Waals surface area contributed by atoms with Gasteiger partial charge >= 0.3 is 0 Å². The maximum absolute atomic E-state index is 13.0. The summed E-state index contributed by atoms with van der Waals surface area (Å²) in [4.78, 5) is 52.6. The Kier molecular flexibility index (Phi) is 4.22. The number of likely N-dealkylation sites (tertiary alicyclic amines) is 1. The van der Waals surface area contributed by atoms with Crippen molar-refractivity contribution >= 4 is 39.3 Å². The first-order valence-electron chi connectivity index (χ1n) is 9.79. The Hall–Kier alpha value is -2.80. The van der Waals surface area contributed by atoms with E-state index < -0.39 is 17.8 Å². The normalized spacial score (nSPS) is 30.7. The molecular weight excluding hydrogens is 450 g/mol. The Morgan fingerprint density at radius 2 is 1.87 bits per heavy atom. The molecule has 1 aliphatic heterocycles. The molecule has 7 heteroatoms. The minimum atomic E-state index is -0.538. The number of nitrogens with zero attached hydrogens (tertiary/aromatic N) is 1. The average molecular weight is 468 g/mol. The minimum Gasteiger partial charge on any atom is -0.508 e. The van der Waals surface area contributed by atoms with Crippen molar-refractivity contribution in [3.8, 4) is 5.75 Å². The fourth-order valence-corrected chi connectivity index (χ4v) is 5.90. The van der Waals surface area contributed by atoms with Gasteiger partial charge in [-0.1, -0.05) is 23.8 Å². The maximum Gasteiger partial charge on any atom is 0.233 e. The van der Waals surface area contributed by atoms with Crippen molar-refractivity contribution in [2.45, 2.75) is 18.8 Å². The van der Waals surface area contributed by atoms with E-state index in [0.29, 0.717) is 23.1 Å². The number of imide groups is 1. The number of Topliss-reactive ketones (excluding diaryl/α,β-unsaturated/α-hetero) is 1. The maximum atomic E-state index is 13.0. The van der Waals surface area contributed by atoms with Crippen molar-refractivity contribution in [2.75, 3.05) is 7.05 Å². The second kappa shape index (κ2) is 6.60. The Labute approximate surface area is 181 Å². The zero-order valence-electron chi connectivity index (χ0n) is 16.1. The number of rotatable bonds is 1. The molecule has 0 bridgehead atoms. The second-order valence-electron chi connectivity index (χ2n) is 8.22. The van der Waals surface area contributed by atoms with Crippen LogP contribution in [0.3, 0.4) is 0 Å². The molecule has 0 spiro atoms. The highest BCUT2D eigenvalue weighted by Gasteiger charge is 2.55. The van der Waals surface area contributed by atoms with Gasteiger partial charge in [-0.3, -0.25) is 24.1 Å². The summed E-state index contributed by atoms with van der Waals surface area (Å²) in [6, 6.07) is 6.63. The van der Waals surface area contributed by atoms with Crippen molar-refractivity contribution in [1.29, 1.82) is 0 Å². The van der Waals surface area contributed by atoms with Gasteiger partial charge in [0.25, 0.3) is 0 Å². The minimum absolute atomic E-state index is 0.0595. The van der Waals surface area contributed by atoms with E-state index in [-0.39, 0.29) is 46.0 Å². The summed E-state index contributed by atoms with van der Waals surface area (Å²) >= 11 is 3.19. The number of phenolic OH excluding ortho intramolecular Hbond substituents is 1. The molecule has 4 aliphatic rings. The lowest BCUT2D eigenvalue weighted by molar-refractivity contribution is -0.138. The number of allylic oxidation sites excluding steroid dienone is 6. The monoisotopic (exact) mass is 467 g/mol. The van der Waals surface area contributed by atoms with E-state index in [2.05, 4.69) is 15.9 Å². The molecule has 1 saturated heterocycles. The van der Waals surface area contributed by atoms with Gasteiger partial charge in [-0.15, -0.1) is 0 Å². The van der Waals surface area contributed by atoms with Gasteiger partial charge in [-0.2, -0.15) is 0 Å². The van der Waals surface area contributed by atoms with Gasteiger partial charge in [0.2, 0.25) is 11.8 Å². The lowest BCUT2D eigenvalue weighted by Crippen LogP contribution is -2.39. The topological polar surface area (TPSA) is 91.8 Å². The van der Waals surface area contributed by atoms with Crippen molar-refractivity contribution in [3.05, 3.63) is 63.2 Å². The van der Waals surface area contributed by atoms with E-state index in [1.165, 1.54) is 18.0 Å². The second-order valence-corrected chi connectivity index (χ2v) is 9.08. The third kappa shape index (κ3) is 2.54. The molecule has 0 radical (unpaired) electrons. The van der Waals surface area contributed by atoms with Crippen LogP contribution < -0.4 is 0 Å². The molecule has 1 heterocycles. The molecule has 0 unspecified atom stereocenters. The van der Waals surface area contributed by atoms with Gasteiger partial charge in [0.05, 0.1) is 16.3 Å². The third-order valence-corrected chi connectivity index (χ3v) is 7.34. The van der Waals surface area contributed by atoms with Crippen molar-refractivity contribution < 1.29 is 24.3 Å². The van der Waals surface area contributed by atoms with Crippen molar-refractivity contribution in [1.82, 2.24) is 4.90 Å². The summed E-state index contributed by atoms with van der Waals surface area (Å²) in [6.07, 6.45) is 3.92. The lowest BCUT2D eigenvalue weighted by atomic mass is 9.59. The Balaban J connectivity index is 1.72. The number of halogens is 1. The number of benzene rings is 1. The van der Waals surface area contributed by atoms with Crippen LogP contribution in [0.5, 0.6) is 5.75 Å². The highest BCUT2D eigenvalue weighted by atomic mass is 79.9. The molecule has 1 fully saturated rings. The molecule has 6 nitrogen and oxygen atoms in total. The van der Waals surface area contributed by atoms with E-state index in [1.54, 1.807) is 18.2 Å². The summed E-state index contributed by atoms with van der Waals surface area (Å²) in [7, 11) is 1.50. The first kappa shape index (κ1) is 19.2. The molecule has 30 heavy (non-hydrogen) atoms. The van der Waals surface area contributed by atoms with Gasteiger partial charge in [-0.25, -0.2) is 0 Å². The third-order valence-electron chi connectivity index (χ3n) is 6.76. The van der Waals surface area contributed by atoms with Gasteiger partial charge in [0.1, 0.15) is 5.75 Å². The van der Waals surface area contributed by atoms with E-state index in [9.17, 15) is 24.3 Å². The first-order valence-corrected chi connectivity index (χ1v) is 10.6. The molecule has 0 aromatic heterocycles. The number of aromatic hydroxyl groups is 1. The molecule has 152 valence electrons. The molecule has 3 aliphatic carbocycles. The number of carbonyl (C=O) groups excluding carboxylic acids is 4. The number of phenols is 1. The quantitative estimate of drug-likeness (QED) is 0.389. The van der Waals surface area contributed by atoms with E-state index in [4.69, 9.17) is 0 Å². The molecule has 1 aromatic rings. The predicted molar refractivity (Wildman–Crippen MR) is 110 cm³/mol. The number of fused-ring (bicyclic) bond motifs is 3. The van der Waals surface area contributed by atoms with Gasteiger partial charge < -0.3 is 5.11 Å². The van der Waals surface area contributed by atoms with Crippen LogP contribution in [0.4, 0.5) is 0 Å². The Morgan fingerprint density at radius 3 is 2.60 bits per heavy atom. The molecule has 1 aromatic carbocycles. The zero-order chi connectivity index (χ0) is 21.3. The van der Waals surface area contributed by atoms with Gasteiger partial charge in [-0.05, 0) is 52.4 Å². The first-order chi connectivity index (χ1) is 14.3. The average Bonchev–Trinajstić information content (AvgIpc) is 2.95. The number of ketones is 2. The van der Waals surface area contributed by atoms with Crippen molar-refractivity contribution in [2.24, 2.45) is 17.8 Å². The highest BCUT2D eigenvalue weighted by Crippen LogP contribution is 2.55. The molecule has 2 amide bonds. The zero-order valence-corrected chi connectivity index (χ0v) is 17.7. The summed E-state index contributed by atoms with van der Waals surface area (Å²) in [5.41, 5.74) is 2.36. The SMILES string of the molecule is CN1C(=O)[C@H]2[C@H](CC=C3[C@H](c4cccc(O)c4)C4=C(C[C@H]32)C(=O)C(Br)=CC4=O)C1=O. The van der Waals surface area contributed by atoms with Gasteiger partial charge in [0, 0.05) is 30.2 Å². The van der Waals surface area contributed by atoms with E-state index >= 15 is 0 Å². The Morgan fingerprint density at radius 1 is 1.10 bits per heavy atom. The van der Waals surface area contributed by atoms with Crippen LogP contribution in [0.2, 0.25) is 0 Å². The Bertz CT molecular complexity index is 1140. The summed E-state index contributed by atoms with van der Waals surface area (Å²) in [5.74, 6) is -2.73. The smallest absolute Gasteiger partial charge is 0.233 e. The summed E-state index contributed by atoms with van der Waals surface area (Å²) in [5, 5.41) is 10.0. The number of carbonyl (C=O) groups is 4. The van der Waals surface area contributed by atoms with E-state index in [0.717, 1.165) is 5.57 Å². The highest BCUT2D eigenvalue weighted by molar-refractivity contribution is 9.12. The van der Waals surface area contributed by atoms with Crippen molar-refractivity contribution in [3.63, 3.8) is 0 Å².